The van der Waals surface area contributed by atoms with Crippen molar-refractivity contribution in [3.05, 3.63) is 63.3 Å². The van der Waals surface area contributed by atoms with Crippen LogP contribution >= 0.6 is 27.5 Å². The maximum Gasteiger partial charge on any atom is 0.261 e. The van der Waals surface area contributed by atoms with Gasteiger partial charge in [0.25, 0.3) is 5.91 Å². The molecule has 0 unspecified atom stereocenters. The zero-order chi connectivity index (χ0) is 20.7. The van der Waals surface area contributed by atoms with Crippen molar-refractivity contribution in [2.75, 3.05) is 13.7 Å². The van der Waals surface area contributed by atoms with Crippen LogP contribution in [0.4, 0.5) is 4.39 Å². The Kier molecular flexibility index (Phi) is 8.26. The third-order valence-corrected chi connectivity index (χ3v) is 5.00. The highest BCUT2D eigenvalue weighted by molar-refractivity contribution is 9.10. The highest BCUT2D eigenvalue weighted by Gasteiger charge is 2.28. The van der Waals surface area contributed by atoms with E-state index in [-0.39, 0.29) is 30.8 Å². The van der Waals surface area contributed by atoms with Crippen LogP contribution in [0.25, 0.3) is 0 Å². The predicted molar refractivity (Wildman–Crippen MR) is 110 cm³/mol. The van der Waals surface area contributed by atoms with Crippen LogP contribution in [0, 0.1) is 5.82 Å². The lowest BCUT2D eigenvalue weighted by molar-refractivity contribution is -0.142. The van der Waals surface area contributed by atoms with E-state index in [2.05, 4.69) is 21.2 Å². The summed E-state index contributed by atoms with van der Waals surface area (Å²) < 4.78 is 19.4. The van der Waals surface area contributed by atoms with E-state index in [1.165, 1.54) is 24.1 Å². The summed E-state index contributed by atoms with van der Waals surface area (Å²) in [6.07, 6.45) is 0.428. The van der Waals surface area contributed by atoms with Crippen LogP contribution in [-0.4, -0.2) is 36.4 Å². The van der Waals surface area contributed by atoms with Gasteiger partial charge in [0.2, 0.25) is 5.91 Å². The Balaban J connectivity index is 2.19. The number of ether oxygens (including phenoxy) is 1. The Bertz CT molecular complexity index is 833. The highest BCUT2D eigenvalue weighted by atomic mass is 79.9. The van der Waals surface area contributed by atoms with E-state index in [4.69, 9.17) is 16.3 Å². The lowest BCUT2D eigenvalue weighted by Crippen LogP contribution is -2.49. The molecule has 2 aromatic rings. The van der Waals surface area contributed by atoms with Crippen molar-refractivity contribution < 1.29 is 18.7 Å². The van der Waals surface area contributed by atoms with Crippen LogP contribution in [0.15, 0.2) is 46.9 Å². The zero-order valence-corrected chi connectivity index (χ0v) is 17.9. The van der Waals surface area contributed by atoms with E-state index in [0.29, 0.717) is 27.2 Å². The van der Waals surface area contributed by atoms with E-state index in [9.17, 15) is 14.0 Å². The van der Waals surface area contributed by atoms with Crippen molar-refractivity contribution in [1.29, 1.82) is 0 Å². The fraction of sp³-hybridized carbons (Fsp3) is 0.300. The fourth-order valence-electron chi connectivity index (χ4n) is 2.69. The van der Waals surface area contributed by atoms with E-state index >= 15 is 0 Å². The number of likely N-dealkylation sites (N-methyl/N-ethyl adjacent to an activating group) is 1. The first kappa shape index (κ1) is 22.2. The number of amides is 2. The molecule has 2 amide bonds. The van der Waals surface area contributed by atoms with Gasteiger partial charge in [0, 0.05) is 18.6 Å². The molecule has 150 valence electrons. The molecule has 0 heterocycles. The number of carbonyl (C=O) groups excluding carboxylic acids is 2. The molecule has 0 spiro atoms. The van der Waals surface area contributed by atoms with Gasteiger partial charge in [-0.3, -0.25) is 9.59 Å². The lowest BCUT2D eigenvalue weighted by Gasteiger charge is -2.30. The molecule has 2 rings (SSSR count). The number of hydrogen-bond donors (Lipinski definition) is 1. The number of rotatable bonds is 8. The van der Waals surface area contributed by atoms with Crippen molar-refractivity contribution in [3.8, 4) is 5.75 Å². The molecular formula is C20H21BrClFN2O3. The summed E-state index contributed by atoms with van der Waals surface area (Å²) >= 11 is 9.25. The number of carbonyl (C=O) groups is 2. The summed E-state index contributed by atoms with van der Waals surface area (Å²) in [5.74, 6) is -0.532. The molecule has 0 aliphatic heterocycles. The zero-order valence-electron chi connectivity index (χ0n) is 15.5. The molecule has 0 fully saturated rings. The van der Waals surface area contributed by atoms with Gasteiger partial charge in [-0.05, 0) is 58.2 Å². The van der Waals surface area contributed by atoms with E-state index in [0.717, 1.165) is 0 Å². The molecule has 0 bridgehead atoms. The van der Waals surface area contributed by atoms with Gasteiger partial charge >= 0.3 is 0 Å². The first-order valence-corrected chi connectivity index (χ1v) is 9.86. The first-order valence-electron chi connectivity index (χ1n) is 8.69. The van der Waals surface area contributed by atoms with Gasteiger partial charge in [-0.1, -0.05) is 30.7 Å². The number of halogens is 3. The monoisotopic (exact) mass is 470 g/mol. The second kappa shape index (κ2) is 10.4. The molecule has 28 heavy (non-hydrogen) atoms. The fourth-order valence-corrected chi connectivity index (χ4v) is 3.48. The Labute approximate surface area is 176 Å². The Morgan fingerprint density at radius 1 is 1.25 bits per heavy atom. The summed E-state index contributed by atoms with van der Waals surface area (Å²) in [5.41, 5.74) is 0.713. The van der Waals surface area contributed by atoms with E-state index in [1.54, 1.807) is 30.3 Å². The number of nitrogens with zero attached hydrogens (tertiary/aromatic N) is 1. The second-order valence-corrected chi connectivity index (χ2v) is 7.34. The molecule has 2 aromatic carbocycles. The SMILES string of the molecule is CC[C@@H](C(=O)NC)N(Cc1ccc(F)cc1)C(=O)COc1ccc(Cl)cc1Br. The Hall–Kier alpha value is -2.12. The van der Waals surface area contributed by atoms with Crippen molar-refractivity contribution in [2.45, 2.75) is 25.9 Å². The summed E-state index contributed by atoms with van der Waals surface area (Å²) in [6, 6.07) is 10.1. The van der Waals surface area contributed by atoms with Gasteiger partial charge in [-0.15, -0.1) is 0 Å². The topological polar surface area (TPSA) is 58.6 Å². The minimum atomic E-state index is -0.667. The summed E-state index contributed by atoms with van der Waals surface area (Å²) in [7, 11) is 1.52. The lowest BCUT2D eigenvalue weighted by atomic mass is 10.1. The van der Waals surface area contributed by atoms with E-state index < -0.39 is 6.04 Å². The van der Waals surface area contributed by atoms with Gasteiger partial charge in [0.05, 0.1) is 4.47 Å². The third kappa shape index (κ3) is 5.94. The molecule has 0 aliphatic carbocycles. The van der Waals surface area contributed by atoms with Gasteiger partial charge in [0.15, 0.2) is 6.61 Å². The maximum absolute atomic E-state index is 13.2. The quantitative estimate of drug-likeness (QED) is 0.628. The molecule has 0 saturated heterocycles. The summed E-state index contributed by atoms with van der Waals surface area (Å²) in [5, 5.41) is 3.12. The van der Waals surface area contributed by atoms with Gasteiger partial charge in [0.1, 0.15) is 17.6 Å². The maximum atomic E-state index is 13.2. The molecule has 0 radical (unpaired) electrons. The van der Waals surface area contributed by atoms with E-state index in [1.807, 2.05) is 6.92 Å². The number of nitrogens with one attached hydrogen (secondary N) is 1. The minimum absolute atomic E-state index is 0.163. The molecule has 0 aliphatic rings. The Morgan fingerprint density at radius 3 is 2.50 bits per heavy atom. The van der Waals surface area contributed by atoms with Crippen molar-refractivity contribution >= 4 is 39.3 Å². The average molecular weight is 472 g/mol. The second-order valence-electron chi connectivity index (χ2n) is 6.05. The molecule has 0 saturated carbocycles. The molecular weight excluding hydrogens is 451 g/mol. The van der Waals surface area contributed by atoms with Crippen LogP contribution in [0.1, 0.15) is 18.9 Å². The normalized spacial score (nSPS) is 11.6. The number of benzene rings is 2. The minimum Gasteiger partial charge on any atom is -0.483 e. The first-order chi connectivity index (χ1) is 13.3. The molecule has 0 aromatic heterocycles. The van der Waals surface area contributed by atoms with Crippen LogP contribution in [0.5, 0.6) is 5.75 Å². The molecule has 1 atom stereocenters. The smallest absolute Gasteiger partial charge is 0.261 e. The average Bonchev–Trinajstić information content (AvgIpc) is 2.68. The molecule has 8 heteroatoms. The largest absolute Gasteiger partial charge is 0.483 e. The van der Waals surface area contributed by atoms with Crippen LogP contribution in [-0.2, 0) is 16.1 Å². The predicted octanol–water partition coefficient (Wildman–Crippen LogP) is 4.17. The summed E-state index contributed by atoms with van der Waals surface area (Å²) in [6.45, 7) is 1.73. The number of hydrogen-bond acceptors (Lipinski definition) is 3. The van der Waals surface area contributed by atoms with Gasteiger partial charge < -0.3 is 15.0 Å². The van der Waals surface area contributed by atoms with Crippen molar-refractivity contribution in [3.63, 3.8) is 0 Å². The van der Waals surface area contributed by atoms with Crippen LogP contribution in [0.3, 0.4) is 0 Å². The van der Waals surface area contributed by atoms with Crippen LogP contribution < -0.4 is 10.1 Å². The standard InChI is InChI=1S/C20H21BrClFN2O3/c1-3-17(20(27)24-2)25(11-13-4-7-15(23)8-5-13)19(26)12-28-18-9-6-14(22)10-16(18)21/h4-10,17H,3,11-12H2,1-2H3,(H,24,27)/t17-/m0/s1. The highest BCUT2D eigenvalue weighted by Crippen LogP contribution is 2.28. The summed E-state index contributed by atoms with van der Waals surface area (Å²) in [4.78, 5) is 26.6. The molecule has 5 nitrogen and oxygen atoms in total. The Morgan fingerprint density at radius 2 is 1.93 bits per heavy atom. The van der Waals surface area contributed by atoms with Gasteiger partial charge in [-0.25, -0.2) is 4.39 Å². The molecule has 1 N–H and O–H groups in total. The van der Waals surface area contributed by atoms with Crippen LogP contribution in [0.2, 0.25) is 5.02 Å². The van der Waals surface area contributed by atoms with Crippen molar-refractivity contribution in [1.82, 2.24) is 10.2 Å². The van der Waals surface area contributed by atoms with Gasteiger partial charge in [-0.2, -0.15) is 0 Å². The third-order valence-electron chi connectivity index (χ3n) is 4.14. The van der Waals surface area contributed by atoms with Crippen molar-refractivity contribution in [2.24, 2.45) is 0 Å².